The van der Waals surface area contributed by atoms with Crippen LogP contribution < -0.4 is 10.1 Å². The molecule has 1 amide bonds. The lowest BCUT2D eigenvalue weighted by molar-refractivity contribution is -0.137. The second kappa shape index (κ2) is 7.21. The van der Waals surface area contributed by atoms with Crippen LogP contribution in [0.15, 0.2) is 54.9 Å². The molecular formula is C18H12ClF3N2O2. The first-order valence-electron chi connectivity index (χ1n) is 7.46. The molecule has 2 aromatic carbocycles. The van der Waals surface area contributed by atoms with Crippen LogP contribution in [0.5, 0.6) is 5.75 Å². The molecule has 3 aromatic rings. The van der Waals surface area contributed by atoms with Crippen molar-refractivity contribution in [2.24, 2.45) is 0 Å². The minimum atomic E-state index is -4.60. The first-order chi connectivity index (χ1) is 12.3. The minimum Gasteiger partial charge on any atom is -0.484 e. The number of fused-ring (bicyclic) bond motifs is 1. The zero-order valence-corrected chi connectivity index (χ0v) is 13.9. The number of nitrogens with zero attached hydrogens (tertiary/aromatic N) is 1. The summed E-state index contributed by atoms with van der Waals surface area (Å²) in [6.07, 6.45) is -1.28. The summed E-state index contributed by atoms with van der Waals surface area (Å²) in [6, 6.07) is 10.2. The highest BCUT2D eigenvalue weighted by molar-refractivity contribution is 6.31. The van der Waals surface area contributed by atoms with Gasteiger partial charge in [-0.15, -0.1) is 0 Å². The van der Waals surface area contributed by atoms with E-state index in [1.165, 1.54) is 6.07 Å². The molecule has 1 heterocycles. The summed E-state index contributed by atoms with van der Waals surface area (Å²) >= 11 is 5.54. The van der Waals surface area contributed by atoms with Gasteiger partial charge in [0.05, 0.1) is 10.6 Å². The van der Waals surface area contributed by atoms with E-state index in [0.717, 1.165) is 22.9 Å². The maximum absolute atomic E-state index is 12.8. The molecule has 0 atom stereocenters. The second-order valence-electron chi connectivity index (χ2n) is 5.41. The number of amides is 1. The van der Waals surface area contributed by atoms with Gasteiger partial charge in [0.1, 0.15) is 5.75 Å². The molecule has 0 saturated carbocycles. The number of halogens is 4. The number of benzene rings is 2. The lowest BCUT2D eigenvalue weighted by Gasteiger charge is -2.12. The van der Waals surface area contributed by atoms with E-state index >= 15 is 0 Å². The fourth-order valence-corrected chi connectivity index (χ4v) is 2.54. The highest BCUT2D eigenvalue weighted by atomic mass is 35.5. The minimum absolute atomic E-state index is 0.0157. The van der Waals surface area contributed by atoms with E-state index in [4.69, 9.17) is 16.3 Å². The number of nitrogens with one attached hydrogen (secondary N) is 1. The third kappa shape index (κ3) is 4.23. The van der Waals surface area contributed by atoms with Crippen molar-refractivity contribution in [2.45, 2.75) is 6.18 Å². The average molecular weight is 381 g/mol. The predicted octanol–water partition coefficient (Wildman–Crippen LogP) is 4.92. The Morgan fingerprint density at radius 2 is 1.92 bits per heavy atom. The molecule has 0 aliphatic heterocycles. The highest BCUT2D eigenvalue weighted by Crippen LogP contribution is 2.36. The molecule has 0 radical (unpaired) electrons. The smallest absolute Gasteiger partial charge is 0.417 e. The molecule has 0 saturated heterocycles. The number of alkyl halides is 3. The monoisotopic (exact) mass is 380 g/mol. The number of aromatic nitrogens is 1. The van der Waals surface area contributed by atoms with Gasteiger partial charge in [0.15, 0.2) is 6.61 Å². The van der Waals surface area contributed by atoms with Gasteiger partial charge >= 0.3 is 6.18 Å². The van der Waals surface area contributed by atoms with Crippen molar-refractivity contribution >= 4 is 34.0 Å². The molecule has 0 aliphatic carbocycles. The van der Waals surface area contributed by atoms with E-state index in [1.54, 1.807) is 24.5 Å². The van der Waals surface area contributed by atoms with Crippen LogP contribution in [0.1, 0.15) is 5.56 Å². The molecule has 0 fully saturated rings. The van der Waals surface area contributed by atoms with Crippen LogP contribution in [0.4, 0.5) is 18.9 Å². The van der Waals surface area contributed by atoms with Crippen molar-refractivity contribution < 1.29 is 22.7 Å². The summed E-state index contributed by atoms with van der Waals surface area (Å²) in [6.45, 7) is -0.351. The fraction of sp³-hybridized carbons (Fsp3) is 0.111. The lowest BCUT2D eigenvalue weighted by atomic mass is 10.2. The number of anilines is 1. The summed E-state index contributed by atoms with van der Waals surface area (Å²) in [5.74, 6) is -0.139. The quantitative estimate of drug-likeness (QED) is 0.698. The van der Waals surface area contributed by atoms with Crippen LogP contribution in [-0.4, -0.2) is 17.5 Å². The van der Waals surface area contributed by atoms with Crippen LogP contribution in [0, 0.1) is 0 Å². The molecule has 0 bridgehead atoms. The van der Waals surface area contributed by atoms with Crippen molar-refractivity contribution in [1.29, 1.82) is 0 Å². The first-order valence-corrected chi connectivity index (χ1v) is 7.84. The van der Waals surface area contributed by atoms with Gasteiger partial charge < -0.3 is 10.1 Å². The van der Waals surface area contributed by atoms with Gasteiger partial charge in [0.25, 0.3) is 5.91 Å². The predicted molar refractivity (Wildman–Crippen MR) is 92.3 cm³/mol. The number of pyridine rings is 1. The van der Waals surface area contributed by atoms with Crippen molar-refractivity contribution in [3.63, 3.8) is 0 Å². The van der Waals surface area contributed by atoms with E-state index in [-0.39, 0.29) is 12.3 Å². The number of hydrogen-bond acceptors (Lipinski definition) is 3. The van der Waals surface area contributed by atoms with E-state index in [0.29, 0.717) is 5.75 Å². The fourth-order valence-electron chi connectivity index (χ4n) is 2.32. The van der Waals surface area contributed by atoms with Gasteiger partial charge in [-0.05, 0) is 41.8 Å². The van der Waals surface area contributed by atoms with Crippen LogP contribution in [0.25, 0.3) is 10.8 Å². The number of hydrogen-bond donors (Lipinski definition) is 1. The Morgan fingerprint density at radius 1 is 1.12 bits per heavy atom. The van der Waals surface area contributed by atoms with Gasteiger partial charge in [-0.2, -0.15) is 13.2 Å². The first kappa shape index (κ1) is 18.0. The third-order valence-corrected chi connectivity index (χ3v) is 3.87. The summed E-state index contributed by atoms with van der Waals surface area (Å²) in [5.41, 5.74) is -1.03. The average Bonchev–Trinajstić information content (AvgIpc) is 2.60. The maximum atomic E-state index is 12.8. The molecular weight excluding hydrogens is 369 g/mol. The Morgan fingerprint density at radius 3 is 2.69 bits per heavy atom. The standard InChI is InChI=1S/C18H12ClF3N2O2/c19-16-4-2-13(8-15(16)18(20,21)22)24-17(25)10-26-14-3-1-11-5-6-23-9-12(11)7-14/h1-9H,10H2,(H,24,25). The van der Waals surface area contributed by atoms with Gasteiger partial charge in [0.2, 0.25) is 0 Å². The van der Waals surface area contributed by atoms with Crippen molar-refractivity contribution in [3.8, 4) is 5.75 Å². The molecule has 26 heavy (non-hydrogen) atoms. The summed E-state index contributed by atoms with van der Waals surface area (Å²) in [7, 11) is 0. The SMILES string of the molecule is O=C(COc1ccc2ccncc2c1)Nc1ccc(Cl)c(C(F)(F)F)c1. The zero-order valence-electron chi connectivity index (χ0n) is 13.2. The Hall–Kier alpha value is -2.80. The summed E-state index contributed by atoms with van der Waals surface area (Å²) in [4.78, 5) is 15.9. The Labute approximate surface area is 151 Å². The normalized spacial score (nSPS) is 11.4. The van der Waals surface area contributed by atoms with Crippen LogP contribution in [0.3, 0.4) is 0 Å². The molecule has 8 heteroatoms. The summed E-state index contributed by atoms with van der Waals surface area (Å²) < 4.78 is 43.9. The Bertz CT molecular complexity index is 961. The zero-order chi connectivity index (χ0) is 18.7. The number of ether oxygens (including phenoxy) is 1. The van der Waals surface area contributed by atoms with Gasteiger partial charge in [-0.25, -0.2) is 0 Å². The molecule has 4 nitrogen and oxygen atoms in total. The van der Waals surface area contributed by atoms with Crippen molar-refractivity contribution in [1.82, 2.24) is 4.98 Å². The third-order valence-electron chi connectivity index (χ3n) is 3.54. The number of carbonyl (C=O) groups excluding carboxylic acids is 1. The molecule has 0 aliphatic rings. The molecule has 1 aromatic heterocycles. The Balaban J connectivity index is 1.65. The molecule has 134 valence electrons. The molecule has 1 N–H and O–H groups in total. The molecule has 0 unspecified atom stereocenters. The topological polar surface area (TPSA) is 51.2 Å². The summed E-state index contributed by atoms with van der Waals surface area (Å²) in [5, 5.41) is 3.74. The second-order valence-corrected chi connectivity index (χ2v) is 5.82. The van der Waals surface area contributed by atoms with Crippen LogP contribution >= 0.6 is 11.6 Å². The largest absolute Gasteiger partial charge is 0.484 e. The number of rotatable bonds is 4. The van der Waals surface area contributed by atoms with E-state index in [9.17, 15) is 18.0 Å². The van der Waals surface area contributed by atoms with Gasteiger partial charge in [0, 0.05) is 23.5 Å². The molecule has 0 spiro atoms. The van der Waals surface area contributed by atoms with Crippen LogP contribution in [0.2, 0.25) is 5.02 Å². The Kier molecular flexibility index (Phi) is 4.99. The number of carbonyl (C=O) groups is 1. The molecule has 3 rings (SSSR count). The van der Waals surface area contributed by atoms with E-state index in [2.05, 4.69) is 10.3 Å². The highest BCUT2D eigenvalue weighted by Gasteiger charge is 2.33. The maximum Gasteiger partial charge on any atom is 0.417 e. The van der Waals surface area contributed by atoms with Crippen LogP contribution in [-0.2, 0) is 11.0 Å². The van der Waals surface area contributed by atoms with E-state index < -0.39 is 22.7 Å². The van der Waals surface area contributed by atoms with E-state index in [1.807, 2.05) is 12.1 Å². The van der Waals surface area contributed by atoms with Crippen molar-refractivity contribution in [3.05, 3.63) is 65.4 Å². The lowest BCUT2D eigenvalue weighted by Crippen LogP contribution is -2.20. The van der Waals surface area contributed by atoms with Crippen molar-refractivity contribution in [2.75, 3.05) is 11.9 Å². The van der Waals surface area contributed by atoms with Gasteiger partial charge in [-0.3, -0.25) is 9.78 Å². The van der Waals surface area contributed by atoms with Gasteiger partial charge in [-0.1, -0.05) is 17.7 Å².